The van der Waals surface area contributed by atoms with E-state index in [1.54, 1.807) is 17.5 Å². The topological polar surface area (TPSA) is 75.7 Å². The van der Waals surface area contributed by atoms with E-state index < -0.39 is 15.9 Å². The Hall–Kier alpha value is -1.16. The Morgan fingerprint density at radius 1 is 1.29 bits per heavy atom. The van der Waals surface area contributed by atoms with Gasteiger partial charge in [0.1, 0.15) is 9.77 Å². The molecule has 0 aliphatic carbocycles. The predicted octanol–water partition coefficient (Wildman–Crippen LogP) is 3.44. The molecule has 3 rings (SSSR count). The molecule has 28 heavy (non-hydrogen) atoms. The van der Waals surface area contributed by atoms with Gasteiger partial charge in [-0.1, -0.05) is 29.3 Å². The highest BCUT2D eigenvalue weighted by Crippen LogP contribution is 2.26. The lowest BCUT2D eigenvalue weighted by molar-refractivity contribution is 0.0730. The Balaban J connectivity index is 1.72. The average Bonchev–Trinajstić information content (AvgIpc) is 3.16. The second-order valence-corrected chi connectivity index (χ2v) is 10.1. The number of nitrogens with one attached hydrogen (secondary N) is 1. The zero-order chi connectivity index (χ0) is 20.3. The van der Waals surface area contributed by atoms with Gasteiger partial charge in [-0.25, -0.2) is 8.42 Å². The van der Waals surface area contributed by atoms with E-state index in [9.17, 15) is 13.2 Å². The minimum atomic E-state index is -3.73. The Bertz CT molecular complexity index is 956. The van der Waals surface area contributed by atoms with Gasteiger partial charge in [-0.3, -0.25) is 4.79 Å². The molecule has 1 atom stereocenters. The van der Waals surface area contributed by atoms with Crippen LogP contribution >= 0.6 is 34.5 Å². The van der Waals surface area contributed by atoms with Crippen LogP contribution in [0.1, 0.15) is 22.2 Å². The van der Waals surface area contributed by atoms with Crippen molar-refractivity contribution in [2.75, 3.05) is 26.3 Å². The van der Waals surface area contributed by atoms with Crippen molar-refractivity contribution in [2.24, 2.45) is 0 Å². The summed E-state index contributed by atoms with van der Waals surface area (Å²) in [6.07, 6.45) is 0.499. The maximum Gasteiger partial charge on any atom is 0.262 e. The number of rotatable bonds is 6. The molecule has 0 saturated carbocycles. The molecule has 0 spiro atoms. The van der Waals surface area contributed by atoms with Crippen molar-refractivity contribution in [1.29, 1.82) is 0 Å². The van der Waals surface area contributed by atoms with Crippen molar-refractivity contribution in [2.45, 2.75) is 24.3 Å². The molecular weight excluding hydrogens is 443 g/mol. The highest BCUT2D eigenvalue weighted by atomic mass is 35.5. The van der Waals surface area contributed by atoms with Crippen LogP contribution in [-0.2, 0) is 21.2 Å². The van der Waals surface area contributed by atoms with Gasteiger partial charge in [0.2, 0.25) is 10.0 Å². The first kappa shape index (κ1) is 21.5. The number of ether oxygens (including phenoxy) is 1. The van der Waals surface area contributed by atoms with Gasteiger partial charge < -0.3 is 10.1 Å². The van der Waals surface area contributed by atoms with Crippen LogP contribution in [0.15, 0.2) is 34.5 Å². The number of halogens is 2. The van der Waals surface area contributed by atoms with Gasteiger partial charge in [0.05, 0.1) is 13.2 Å². The summed E-state index contributed by atoms with van der Waals surface area (Å²) in [4.78, 5) is 13.0. The van der Waals surface area contributed by atoms with Gasteiger partial charge in [0.15, 0.2) is 0 Å². The number of carbonyl (C=O) groups is 1. The molecule has 1 aromatic heterocycles. The molecule has 1 aliphatic rings. The summed E-state index contributed by atoms with van der Waals surface area (Å²) in [7, 11) is -3.73. The Labute approximate surface area is 178 Å². The highest BCUT2D eigenvalue weighted by molar-refractivity contribution is 7.89. The average molecular weight is 463 g/mol. The first-order valence-corrected chi connectivity index (χ1v) is 11.8. The molecule has 152 valence electrons. The molecule has 10 heteroatoms. The van der Waals surface area contributed by atoms with E-state index in [1.165, 1.54) is 10.4 Å². The lowest BCUT2D eigenvalue weighted by Gasteiger charge is -2.26. The molecule has 1 amide bonds. The molecule has 6 nitrogen and oxygen atoms in total. The maximum absolute atomic E-state index is 12.9. The molecular formula is C18H20Cl2N2O4S2. The van der Waals surface area contributed by atoms with Crippen LogP contribution in [0.2, 0.25) is 10.0 Å². The fourth-order valence-electron chi connectivity index (χ4n) is 2.95. The van der Waals surface area contributed by atoms with E-state index in [4.69, 9.17) is 27.9 Å². The second kappa shape index (κ2) is 9.11. The fraction of sp³-hybridized carbons (Fsp3) is 0.389. The zero-order valence-corrected chi connectivity index (χ0v) is 18.3. The number of hydrogen-bond acceptors (Lipinski definition) is 5. The molecule has 1 aromatic carbocycles. The summed E-state index contributed by atoms with van der Waals surface area (Å²) in [6.45, 7) is 3.11. The summed E-state index contributed by atoms with van der Waals surface area (Å²) in [5.41, 5.74) is 0.853. The van der Waals surface area contributed by atoms with Gasteiger partial charge in [-0.15, -0.1) is 11.3 Å². The van der Waals surface area contributed by atoms with Crippen LogP contribution in [0.25, 0.3) is 0 Å². The molecule has 1 saturated heterocycles. The minimum Gasteiger partial charge on any atom is -0.379 e. The van der Waals surface area contributed by atoms with Crippen LogP contribution in [0.5, 0.6) is 0 Å². The van der Waals surface area contributed by atoms with Crippen LogP contribution in [-0.4, -0.2) is 51.0 Å². The highest BCUT2D eigenvalue weighted by Gasteiger charge is 2.31. The van der Waals surface area contributed by atoms with E-state index in [0.717, 1.165) is 16.9 Å². The number of benzene rings is 1. The predicted molar refractivity (Wildman–Crippen MR) is 111 cm³/mol. The lowest BCUT2D eigenvalue weighted by Crippen LogP contribution is -2.41. The minimum absolute atomic E-state index is 0.0358. The second-order valence-electron chi connectivity index (χ2n) is 6.44. The number of sulfonamides is 1. The summed E-state index contributed by atoms with van der Waals surface area (Å²) < 4.78 is 32.4. The van der Waals surface area contributed by atoms with Gasteiger partial charge in [-0.2, -0.15) is 4.31 Å². The normalized spacial score (nSPS) is 16.7. The molecule has 1 fully saturated rings. The Kier molecular flexibility index (Phi) is 7.01. The van der Waals surface area contributed by atoms with Gasteiger partial charge in [-0.05, 0) is 42.5 Å². The number of carbonyl (C=O) groups excluding carboxylic acids is 1. The lowest BCUT2D eigenvalue weighted by atomic mass is 10.1. The number of morpholine rings is 1. The molecule has 0 bridgehead atoms. The van der Waals surface area contributed by atoms with Crippen molar-refractivity contribution >= 4 is 50.5 Å². The smallest absolute Gasteiger partial charge is 0.262 e. The van der Waals surface area contributed by atoms with Crippen molar-refractivity contribution in [3.8, 4) is 0 Å². The summed E-state index contributed by atoms with van der Waals surface area (Å²) in [5, 5.41) is 5.55. The van der Waals surface area contributed by atoms with Crippen molar-refractivity contribution in [1.82, 2.24) is 9.62 Å². The van der Waals surface area contributed by atoms with E-state index >= 15 is 0 Å². The maximum atomic E-state index is 12.9. The summed E-state index contributed by atoms with van der Waals surface area (Å²) in [5.74, 6) is -0.417. The number of hydrogen-bond donors (Lipinski definition) is 1. The fourth-order valence-corrected chi connectivity index (χ4v) is 6.15. The largest absolute Gasteiger partial charge is 0.379 e. The molecule has 2 aromatic rings. The quantitative estimate of drug-likeness (QED) is 0.712. The van der Waals surface area contributed by atoms with Crippen molar-refractivity contribution in [3.05, 3.63) is 50.1 Å². The summed E-state index contributed by atoms with van der Waals surface area (Å²) in [6, 6.07) is 6.44. The van der Waals surface area contributed by atoms with Crippen LogP contribution in [0.3, 0.4) is 0 Å². The zero-order valence-electron chi connectivity index (χ0n) is 15.2. The van der Waals surface area contributed by atoms with Gasteiger partial charge in [0.25, 0.3) is 5.91 Å². The molecule has 2 heterocycles. The molecule has 1 N–H and O–H groups in total. The van der Waals surface area contributed by atoms with Crippen LogP contribution in [0.4, 0.5) is 0 Å². The summed E-state index contributed by atoms with van der Waals surface area (Å²) >= 11 is 13.2. The standard InChI is InChI=1S/C18H20Cl2N2O4S2/c1-12(10-13-2-3-14(19)11-15(13)20)21-18(23)17-16(4-9-27-17)28(24,25)22-5-7-26-8-6-22/h2-4,9,11-12H,5-8,10H2,1H3,(H,21,23). The van der Waals surface area contributed by atoms with Gasteiger partial charge >= 0.3 is 0 Å². The van der Waals surface area contributed by atoms with E-state index in [2.05, 4.69) is 5.32 Å². The Morgan fingerprint density at radius 2 is 2.00 bits per heavy atom. The monoisotopic (exact) mass is 462 g/mol. The number of nitrogens with zero attached hydrogens (tertiary/aromatic N) is 1. The van der Waals surface area contributed by atoms with E-state index in [0.29, 0.717) is 29.7 Å². The molecule has 1 unspecified atom stereocenters. The van der Waals surface area contributed by atoms with Crippen molar-refractivity contribution in [3.63, 3.8) is 0 Å². The van der Waals surface area contributed by atoms with Crippen LogP contribution in [0, 0.1) is 0 Å². The first-order chi connectivity index (χ1) is 13.3. The third-order valence-corrected chi connectivity index (χ3v) is 7.91. The van der Waals surface area contributed by atoms with E-state index in [-0.39, 0.29) is 28.9 Å². The van der Waals surface area contributed by atoms with Crippen molar-refractivity contribution < 1.29 is 17.9 Å². The third-order valence-electron chi connectivity index (χ3n) is 4.34. The molecule has 0 radical (unpaired) electrons. The first-order valence-electron chi connectivity index (χ1n) is 8.69. The Morgan fingerprint density at radius 3 is 2.68 bits per heavy atom. The number of thiophene rings is 1. The molecule has 1 aliphatic heterocycles. The van der Waals surface area contributed by atoms with E-state index in [1.807, 2.05) is 13.0 Å². The number of amides is 1. The van der Waals surface area contributed by atoms with Gasteiger partial charge in [0, 0.05) is 29.2 Å². The SMILES string of the molecule is CC(Cc1ccc(Cl)cc1Cl)NC(=O)c1sccc1S(=O)(=O)N1CCOCC1. The third kappa shape index (κ3) is 4.87. The van der Waals surface area contributed by atoms with Crippen LogP contribution < -0.4 is 5.32 Å².